The minimum Gasteiger partial charge on any atom is -0.480 e. The number of hydrogen-bond acceptors (Lipinski definition) is 4. The van der Waals surface area contributed by atoms with Crippen LogP contribution in [0.2, 0.25) is 0 Å². The number of amides is 1. The molecule has 2 N–H and O–H groups in total. The zero-order valence-electron chi connectivity index (χ0n) is 12.5. The van der Waals surface area contributed by atoms with Crippen LogP contribution in [0.4, 0.5) is 4.79 Å². The van der Waals surface area contributed by atoms with Crippen molar-refractivity contribution < 1.29 is 19.4 Å². The van der Waals surface area contributed by atoms with Crippen LogP contribution >= 0.6 is 0 Å². The molecule has 0 fully saturated rings. The summed E-state index contributed by atoms with van der Waals surface area (Å²) in [4.78, 5) is 27.0. The number of benzene rings is 1. The van der Waals surface area contributed by atoms with Gasteiger partial charge in [-0.1, -0.05) is 36.4 Å². The molecule has 23 heavy (non-hydrogen) atoms. The highest BCUT2D eigenvalue weighted by Gasteiger charge is 2.20. The van der Waals surface area contributed by atoms with Crippen LogP contribution < -0.4 is 5.32 Å². The third-order valence-electron chi connectivity index (χ3n) is 3.25. The van der Waals surface area contributed by atoms with Gasteiger partial charge in [0.25, 0.3) is 0 Å². The summed E-state index contributed by atoms with van der Waals surface area (Å²) in [7, 11) is 0. The number of aryl methyl sites for hydroxylation is 1. The molecule has 2 rings (SSSR count). The zero-order chi connectivity index (χ0) is 16.5. The molecule has 0 aliphatic heterocycles. The molecule has 1 aromatic carbocycles. The number of hydrogen-bond donors (Lipinski definition) is 2. The summed E-state index contributed by atoms with van der Waals surface area (Å²) >= 11 is 0. The van der Waals surface area contributed by atoms with Gasteiger partial charge in [-0.3, -0.25) is 4.98 Å². The van der Waals surface area contributed by atoms with Crippen LogP contribution in [-0.4, -0.2) is 28.2 Å². The number of rotatable bonds is 7. The summed E-state index contributed by atoms with van der Waals surface area (Å²) < 4.78 is 5.04. The van der Waals surface area contributed by atoms with E-state index in [1.54, 1.807) is 18.5 Å². The summed E-state index contributed by atoms with van der Waals surface area (Å²) in [5.41, 5.74) is 1.75. The molecule has 1 amide bonds. The molecule has 0 saturated carbocycles. The summed E-state index contributed by atoms with van der Waals surface area (Å²) in [6.45, 7) is 0.0988. The van der Waals surface area contributed by atoms with E-state index >= 15 is 0 Å². The fourth-order valence-corrected chi connectivity index (χ4v) is 2.02. The Balaban J connectivity index is 1.81. The fourth-order valence-electron chi connectivity index (χ4n) is 2.02. The number of carboxylic acids is 1. The van der Waals surface area contributed by atoms with Gasteiger partial charge >= 0.3 is 12.1 Å². The molecule has 0 spiro atoms. The van der Waals surface area contributed by atoms with E-state index in [2.05, 4.69) is 10.3 Å². The maximum absolute atomic E-state index is 11.7. The third kappa shape index (κ3) is 5.78. The van der Waals surface area contributed by atoms with Crippen molar-refractivity contribution in [3.8, 4) is 0 Å². The standard InChI is InChI=1S/C17H18N2O4/c20-16(21)15(9-8-13-7-4-10-18-11-13)19-17(22)23-12-14-5-2-1-3-6-14/h1-7,10-11,15H,8-9,12H2,(H,19,22)(H,20,21). The third-order valence-corrected chi connectivity index (χ3v) is 3.25. The Labute approximate surface area is 134 Å². The number of carbonyl (C=O) groups is 2. The second-order valence-corrected chi connectivity index (χ2v) is 5.00. The highest BCUT2D eigenvalue weighted by Crippen LogP contribution is 2.05. The van der Waals surface area contributed by atoms with Gasteiger partial charge in [-0.2, -0.15) is 0 Å². The first-order valence-corrected chi connectivity index (χ1v) is 7.24. The quantitative estimate of drug-likeness (QED) is 0.819. The summed E-state index contributed by atoms with van der Waals surface area (Å²) in [5.74, 6) is -1.09. The summed E-state index contributed by atoms with van der Waals surface area (Å²) in [5, 5.41) is 11.6. The second-order valence-electron chi connectivity index (χ2n) is 5.00. The monoisotopic (exact) mass is 314 g/mol. The Kier molecular flexibility index (Phi) is 6.11. The smallest absolute Gasteiger partial charge is 0.408 e. The summed E-state index contributed by atoms with van der Waals surface area (Å²) in [6.07, 6.45) is 3.35. The average molecular weight is 314 g/mol. The lowest BCUT2D eigenvalue weighted by molar-refractivity contribution is -0.139. The van der Waals surface area contributed by atoms with E-state index in [0.29, 0.717) is 6.42 Å². The number of carboxylic acid groups (broad SMARTS) is 1. The Bertz CT molecular complexity index is 632. The van der Waals surface area contributed by atoms with E-state index in [0.717, 1.165) is 11.1 Å². The van der Waals surface area contributed by atoms with E-state index in [9.17, 15) is 14.7 Å². The molecule has 6 nitrogen and oxygen atoms in total. The number of ether oxygens (including phenoxy) is 1. The normalized spacial score (nSPS) is 11.5. The van der Waals surface area contributed by atoms with Crippen molar-refractivity contribution in [3.05, 3.63) is 66.0 Å². The minimum absolute atomic E-state index is 0.0988. The minimum atomic E-state index is -1.09. The lowest BCUT2D eigenvalue weighted by Gasteiger charge is -2.14. The van der Waals surface area contributed by atoms with Crippen LogP contribution in [-0.2, 0) is 22.6 Å². The molecule has 1 unspecified atom stereocenters. The van der Waals surface area contributed by atoms with Crippen molar-refractivity contribution in [2.45, 2.75) is 25.5 Å². The zero-order valence-corrected chi connectivity index (χ0v) is 12.5. The fraction of sp³-hybridized carbons (Fsp3) is 0.235. The van der Waals surface area contributed by atoms with Crippen molar-refractivity contribution in [1.29, 1.82) is 0 Å². The molecule has 1 heterocycles. The van der Waals surface area contributed by atoms with Gasteiger partial charge in [-0.05, 0) is 30.0 Å². The lowest BCUT2D eigenvalue weighted by Crippen LogP contribution is -2.41. The van der Waals surface area contributed by atoms with Crippen molar-refractivity contribution in [1.82, 2.24) is 10.3 Å². The highest BCUT2D eigenvalue weighted by molar-refractivity contribution is 5.79. The van der Waals surface area contributed by atoms with E-state index in [1.807, 2.05) is 36.4 Å². The van der Waals surface area contributed by atoms with Gasteiger partial charge < -0.3 is 15.2 Å². The predicted octanol–water partition coefficient (Wildman–Crippen LogP) is 2.39. The maximum atomic E-state index is 11.7. The molecule has 0 radical (unpaired) electrons. The molecule has 0 aliphatic carbocycles. The van der Waals surface area contributed by atoms with Crippen LogP contribution in [0.3, 0.4) is 0 Å². The van der Waals surface area contributed by atoms with E-state index < -0.39 is 18.1 Å². The SMILES string of the molecule is O=C(NC(CCc1cccnc1)C(=O)O)OCc1ccccc1. The molecule has 0 saturated heterocycles. The topological polar surface area (TPSA) is 88.5 Å². The number of nitrogens with zero attached hydrogens (tertiary/aromatic N) is 1. The van der Waals surface area contributed by atoms with Gasteiger partial charge in [0.15, 0.2) is 0 Å². The van der Waals surface area contributed by atoms with Crippen molar-refractivity contribution >= 4 is 12.1 Å². The molecule has 6 heteroatoms. The average Bonchev–Trinajstić information content (AvgIpc) is 2.58. The van der Waals surface area contributed by atoms with Crippen LogP contribution in [0.25, 0.3) is 0 Å². The number of aliphatic carboxylic acids is 1. The Morgan fingerprint density at radius 1 is 1.13 bits per heavy atom. The number of aromatic nitrogens is 1. The van der Waals surface area contributed by atoms with Gasteiger partial charge in [-0.15, -0.1) is 0 Å². The van der Waals surface area contributed by atoms with E-state index in [1.165, 1.54) is 0 Å². The van der Waals surface area contributed by atoms with E-state index in [-0.39, 0.29) is 13.0 Å². The lowest BCUT2D eigenvalue weighted by atomic mass is 10.1. The van der Waals surface area contributed by atoms with Gasteiger partial charge in [0.05, 0.1) is 0 Å². The second kappa shape index (κ2) is 8.53. The first-order valence-electron chi connectivity index (χ1n) is 7.24. The molecule has 1 aromatic heterocycles. The molecular formula is C17H18N2O4. The first-order chi connectivity index (χ1) is 11.1. The van der Waals surface area contributed by atoms with Crippen LogP contribution in [0.15, 0.2) is 54.9 Å². The Hall–Kier alpha value is -2.89. The van der Waals surface area contributed by atoms with E-state index in [4.69, 9.17) is 4.74 Å². The molecule has 120 valence electrons. The molecule has 1 atom stereocenters. The van der Waals surface area contributed by atoms with Gasteiger partial charge in [0.2, 0.25) is 0 Å². The Morgan fingerprint density at radius 2 is 1.87 bits per heavy atom. The van der Waals surface area contributed by atoms with Crippen LogP contribution in [0.5, 0.6) is 0 Å². The molecule has 2 aromatic rings. The largest absolute Gasteiger partial charge is 0.480 e. The van der Waals surface area contributed by atoms with Crippen molar-refractivity contribution in [2.24, 2.45) is 0 Å². The number of pyridine rings is 1. The van der Waals surface area contributed by atoms with Crippen LogP contribution in [0.1, 0.15) is 17.5 Å². The molecule has 0 aliphatic rings. The van der Waals surface area contributed by atoms with Gasteiger partial charge in [-0.25, -0.2) is 9.59 Å². The molecular weight excluding hydrogens is 296 g/mol. The first kappa shape index (κ1) is 16.5. The van der Waals surface area contributed by atoms with Gasteiger partial charge in [0, 0.05) is 12.4 Å². The summed E-state index contributed by atoms with van der Waals surface area (Å²) in [6, 6.07) is 11.8. The van der Waals surface area contributed by atoms with Crippen molar-refractivity contribution in [2.75, 3.05) is 0 Å². The van der Waals surface area contributed by atoms with Crippen molar-refractivity contribution in [3.63, 3.8) is 0 Å². The predicted molar refractivity (Wildman–Crippen MR) is 83.7 cm³/mol. The highest BCUT2D eigenvalue weighted by atomic mass is 16.5. The Morgan fingerprint density at radius 3 is 2.52 bits per heavy atom. The molecule has 0 bridgehead atoms. The van der Waals surface area contributed by atoms with Gasteiger partial charge in [0.1, 0.15) is 12.6 Å². The number of alkyl carbamates (subject to hydrolysis) is 1. The number of nitrogens with one attached hydrogen (secondary N) is 1. The number of carbonyl (C=O) groups excluding carboxylic acids is 1. The maximum Gasteiger partial charge on any atom is 0.408 e. The van der Waals surface area contributed by atoms with Crippen LogP contribution in [0, 0.1) is 0 Å².